The number of hydrogen-bond donors (Lipinski definition) is 1. The molecule has 1 saturated heterocycles. The Morgan fingerprint density at radius 2 is 1.93 bits per heavy atom. The number of ether oxygens (including phenoxy) is 1. The molecule has 0 aromatic heterocycles. The molecule has 1 heterocycles. The molecule has 1 atom stereocenters. The van der Waals surface area contributed by atoms with E-state index in [2.05, 4.69) is 53.9 Å². The number of nitrogens with one attached hydrogen (secondary N) is 1. The van der Waals surface area contributed by atoms with Crippen LogP contribution in [0.3, 0.4) is 0 Å². The summed E-state index contributed by atoms with van der Waals surface area (Å²) in [5, 5.41) is 3.42. The topological polar surface area (TPSA) is 43.3 Å². The van der Waals surface area contributed by atoms with E-state index in [-0.39, 0.29) is 0 Å². The number of piperazine rings is 1. The molecule has 1 N–H and O–H groups in total. The van der Waals surface area contributed by atoms with E-state index >= 15 is 0 Å². The monoisotopic (exact) mass is 375 g/mol. The van der Waals surface area contributed by atoms with Crippen LogP contribution in [0.4, 0.5) is 0 Å². The largest absolute Gasteiger partial charge is 0.496 e. The summed E-state index contributed by atoms with van der Waals surface area (Å²) in [7, 11) is 3.80. The zero-order valence-electron chi connectivity index (χ0n) is 17.7. The van der Waals surface area contributed by atoms with Crippen LogP contribution in [0.5, 0.6) is 5.75 Å². The van der Waals surface area contributed by atoms with Crippen LogP contribution in [0.2, 0.25) is 0 Å². The van der Waals surface area contributed by atoms with Crippen LogP contribution in [-0.2, 0) is 6.54 Å². The summed E-state index contributed by atoms with van der Waals surface area (Å²) in [5.41, 5.74) is 1.16. The van der Waals surface area contributed by atoms with Gasteiger partial charge in [0.2, 0.25) is 0 Å². The Hall–Kier alpha value is -1.79. The van der Waals surface area contributed by atoms with Crippen molar-refractivity contribution in [3.8, 4) is 5.75 Å². The van der Waals surface area contributed by atoms with Crippen molar-refractivity contribution in [2.45, 2.75) is 33.4 Å². The molecule has 0 bridgehead atoms. The van der Waals surface area contributed by atoms with Crippen LogP contribution in [-0.4, -0.2) is 86.7 Å². The summed E-state index contributed by atoms with van der Waals surface area (Å²) < 4.78 is 5.48. The van der Waals surface area contributed by atoms with Gasteiger partial charge in [0.25, 0.3) is 0 Å². The lowest BCUT2D eigenvalue weighted by atomic mass is 10.2. The summed E-state index contributed by atoms with van der Waals surface area (Å²) in [6.45, 7) is 14.8. The second-order valence-electron chi connectivity index (χ2n) is 7.18. The van der Waals surface area contributed by atoms with Gasteiger partial charge in [-0.15, -0.1) is 0 Å². The third-order valence-corrected chi connectivity index (χ3v) is 5.28. The average molecular weight is 376 g/mol. The molecule has 27 heavy (non-hydrogen) atoms. The third kappa shape index (κ3) is 6.40. The molecule has 0 spiro atoms. The van der Waals surface area contributed by atoms with Gasteiger partial charge in [-0.3, -0.25) is 9.89 Å². The third-order valence-electron chi connectivity index (χ3n) is 5.28. The minimum absolute atomic E-state index is 0.456. The Morgan fingerprint density at radius 1 is 1.22 bits per heavy atom. The van der Waals surface area contributed by atoms with Gasteiger partial charge in [0.1, 0.15) is 5.75 Å². The van der Waals surface area contributed by atoms with E-state index in [0.29, 0.717) is 6.04 Å². The second-order valence-corrected chi connectivity index (χ2v) is 7.18. The summed E-state index contributed by atoms with van der Waals surface area (Å²) in [6.07, 6.45) is 0. The highest BCUT2D eigenvalue weighted by Gasteiger charge is 2.20. The number of aliphatic imine (C=N–C) groups is 1. The first-order chi connectivity index (χ1) is 13.1. The molecule has 6 nitrogen and oxygen atoms in total. The molecule has 1 unspecified atom stereocenters. The molecule has 0 amide bonds. The SMILES string of the molecule is CCNC(=NCC(C)N1CCN(CC)CC1)N(C)Cc1ccccc1OC. The molecule has 152 valence electrons. The van der Waals surface area contributed by atoms with Gasteiger partial charge in [0, 0.05) is 57.9 Å². The van der Waals surface area contributed by atoms with Crippen LogP contribution in [0, 0.1) is 0 Å². The summed E-state index contributed by atoms with van der Waals surface area (Å²) in [5.74, 6) is 1.87. The number of nitrogens with zero attached hydrogens (tertiary/aromatic N) is 4. The predicted octanol–water partition coefficient (Wildman–Crippen LogP) is 2.12. The van der Waals surface area contributed by atoms with Crippen LogP contribution in [0.25, 0.3) is 0 Å². The quantitative estimate of drug-likeness (QED) is 0.557. The second kappa shape index (κ2) is 11.1. The first-order valence-electron chi connectivity index (χ1n) is 10.2. The molecule has 2 rings (SSSR count). The van der Waals surface area contributed by atoms with Gasteiger partial charge in [-0.05, 0) is 26.5 Å². The summed E-state index contributed by atoms with van der Waals surface area (Å²) >= 11 is 0. The fraction of sp³-hybridized carbons (Fsp3) is 0.667. The van der Waals surface area contributed by atoms with Crippen molar-refractivity contribution in [2.24, 2.45) is 4.99 Å². The highest BCUT2D eigenvalue weighted by atomic mass is 16.5. The summed E-state index contributed by atoms with van der Waals surface area (Å²) in [4.78, 5) is 12.2. The van der Waals surface area contributed by atoms with Gasteiger partial charge >= 0.3 is 0 Å². The van der Waals surface area contributed by atoms with Gasteiger partial charge < -0.3 is 19.9 Å². The number of hydrogen-bond acceptors (Lipinski definition) is 4. The van der Waals surface area contributed by atoms with Gasteiger partial charge in [-0.1, -0.05) is 25.1 Å². The van der Waals surface area contributed by atoms with Crippen molar-refractivity contribution in [2.75, 3.05) is 60.0 Å². The molecule has 1 fully saturated rings. The lowest BCUT2D eigenvalue weighted by Crippen LogP contribution is -2.50. The van der Waals surface area contributed by atoms with Crippen molar-refractivity contribution < 1.29 is 4.74 Å². The molecular weight excluding hydrogens is 338 g/mol. The Morgan fingerprint density at radius 3 is 2.56 bits per heavy atom. The lowest BCUT2D eigenvalue weighted by Gasteiger charge is -2.37. The molecule has 6 heteroatoms. The molecule has 1 aromatic rings. The van der Waals surface area contributed by atoms with E-state index in [1.165, 1.54) is 13.1 Å². The zero-order chi connectivity index (χ0) is 19.6. The fourth-order valence-electron chi connectivity index (χ4n) is 3.49. The molecule has 0 radical (unpaired) electrons. The predicted molar refractivity (Wildman–Crippen MR) is 114 cm³/mol. The number of rotatable bonds is 8. The van der Waals surface area contributed by atoms with Crippen molar-refractivity contribution in [3.05, 3.63) is 29.8 Å². The first kappa shape index (κ1) is 21.5. The van der Waals surface area contributed by atoms with E-state index < -0.39 is 0 Å². The number of para-hydroxylation sites is 1. The van der Waals surface area contributed by atoms with E-state index in [1.54, 1.807) is 7.11 Å². The Balaban J connectivity index is 1.96. The fourth-order valence-corrected chi connectivity index (χ4v) is 3.49. The van der Waals surface area contributed by atoms with Crippen LogP contribution in [0.1, 0.15) is 26.3 Å². The minimum Gasteiger partial charge on any atom is -0.496 e. The van der Waals surface area contributed by atoms with Gasteiger partial charge in [0.05, 0.1) is 13.7 Å². The number of benzene rings is 1. The highest BCUT2D eigenvalue weighted by Crippen LogP contribution is 2.18. The average Bonchev–Trinajstić information content (AvgIpc) is 2.71. The van der Waals surface area contributed by atoms with Crippen molar-refractivity contribution in [1.82, 2.24) is 20.0 Å². The van der Waals surface area contributed by atoms with Crippen molar-refractivity contribution >= 4 is 5.96 Å². The number of guanidine groups is 1. The van der Waals surface area contributed by atoms with Crippen molar-refractivity contribution in [3.63, 3.8) is 0 Å². The molecule has 0 aliphatic carbocycles. The zero-order valence-corrected chi connectivity index (χ0v) is 17.7. The first-order valence-corrected chi connectivity index (χ1v) is 10.2. The highest BCUT2D eigenvalue weighted by molar-refractivity contribution is 5.79. The van der Waals surface area contributed by atoms with E-state index in [9.17, 15) is 0 Å². The molecule has 0 saturated carbocycles. The number of methoxy groups -OCH3 is 1. The van der Waals surface area contributed by atoms with Crippen LogP contribution in [0.15, 0.2) is 29.3 Å². The standard InChI is InChI=1S/C21H37N5O/c1-6-22-21(24(4)17-19-10-8-9-11-20(19)27-5)23-16-18(3)26-14-12-25(7-2)13-15-26/h8-11,18H,6-7,12-17H2,1-5H3,(H,22,23). The van der Waals surface area contributed by atoms with Crippen LogP contribution < -0.4 is 10.1 Å². The Bertz CT molecular complexity index is 584. The summed E-state index contributed by atoms with van der Waals surface area (Å²) in [6, 6.07) is 8.62. The normalized spacial score (nSPS) is 17.6. The van der Waals surface area contributed by atoms with Crippen molar-refractivity contribution in [1.29, 1.82) is 0 Å². The maximum absolute atomic E-state index is 5.48. The Labute approximate surface area is 165 Å². The molecular formula is C21H37N5O. The molecule has 1 aromatic carbocycles. The van der Waals surface area contributed by atoms with E-state index in [0.717, 1.165) is 56.5 Å². The molecule has 1 aliphatic rings. The van der Waals surface area contributed by atoms with Gasteiger partial charge in [0.15, 0.2) is 5.96 Å². The van der Waals surface area contributed by atoms with E-state index in [1.807, 2.05) is 18.2 Å². The maximum atomic E-state index is 5.48. The minimum atomic E-state index is 0.456. The van der Waals surface area contributed by atoms with Gasteiger partial charge in [-0.2, -0.15) is 0 Å². The van der Waals surface area contributed by atoms with Gasteiger partial charge in [-0.25, -0.2) is 0 Å². The smallest absolute Gasteiger partial charge is 0.194 e. The maximum Gasteiger partial charge on any atom is 0.194 e. The van der Waals surface area contributed by atoms with E-state index in [4.69, 9.17) is 9.73 Å². The molecule has 1 aliphatic heterocycles. The lowest BCUT2D eigenvalue weighted by molar-refractivity contribution is 0.109. The Kier molecular flexibility index (Phi) is 8.88. The van der Waals surface area contributed by atoms with Crippen LogP contribution >= 0.6 is 0 Å². The number of likely N-dealkylation sites (N-methyl/N-ethyl adjacent to an activating group) is 1.